The summed E-state index contributed by atoms with van der Waals surface area (Å²) in [4.78, 5) is 0. The van der Waals surface area contributed by atoms with Crippen LogP contribution in [0.15, 0.2) is 59.7 Å². The number of benzene rings is 2. The minimum absolute atomic E-state index is 0. The van der Waals surface area contributed by atoms with E-state index in [0.717, 1.165) is 67.5 Å². The Kier molecular flexibility index (Phi) is 13.4. The molecule has 3 heteroatoms. The van der Waals surface area contributed by atoms with E-state index in [1.807, 2.05) is 0 Å². The topological polar surface area (TPSA) is 25.3 Å². The molecule has 0 bridgehead atoms. The van der Waals surface area contributed by atoms with Gasteiger partial charge in [0.1, 0.15) is 0 Å². The van der Waals surface area contributed by atoms with Crippen molar-refractivity contribution in [1.82, 2.24) is 0 Å². The van der Waals surface area contributed by atoms with Gasteiger partial charge in [-0.15, -0.1) is 0 Å². The van der Waals surface area contributed by atoms with Crippen molar-refractivity contribution in [3.8, 4) is 0 Å². The third-order valence-electron chi connectivity index (χ3n) is 7.23. The summed E-state index contributed by atoms with van der Waals surface area (Å²) in [6.07, 6.45) is 15.6. The van der Waals surface area contributed by atoms with Gasteiger partial charge in [-0.2, -0.15) is 0 Å². The Balaban J connectivity index is 0.00000456. The Morgan fingerprint density at radius 2 is 1.14 bits per heavy atom. The van der Waals surface area contributed by atoms with E-state index in [4.69, 9.17) is 0 Å². The molecule has 0 saturated carbocycles. The van der Waals surface area contributed by atoms with E-state index in [1.165, 1.54) is 65.5 Å². The van der Waals surface area contributed by atoms with Crippen LogP contribution in [0.2, 0.25) is 0 Å². The third kappa shape index (κ3) is 8.01. The van der Waals surface area contributed by atoms with Gasteiger partial charge in [0.05, 0.1) is 0 Å². The molecule has 0 radical (unpaired) electrons. The van der Waals surface area contributed by atoms with Crippen LogP contribution in [0.4, 0.5) is 0 Å². The van der Waals surface area contributed by atoms with Crippen LogP contribution in [0.1, 0.15) is 120 Å². The predicted molar refractivity (Wildman–Crippen MR) is 151 cm³/mol. The summed E-state index contributed by atoms with van der Waals surface area (Å²) in [5, 5.41) is 0. The maximum atomic E-state index is 11.7. The summed E-state index contributed by atoms with van der Waals surface area (Å²) in [5.41, 5.74) is 21.2. The summed E-state index contributed by atoms with van der Waals surface area (Å²) in [5.74, 6) is 0. The van der Waals surface area contributed by atoms with Gasteiger partial charge in [0, 0.05) is 38.8 Å². The Hall–Kier alpha value is -1.99. The maximum Gasteiger partial charge on any atom is 0.211 e. The number of allylic oxidation sites excluding steroid dienone is 2. The first-order valence-electron chi connectivity index (χ1n) is 14.2. The molecule has 2 aromatic carbocycles. The molecule has 0 unspecified atom stereocenters. The first-order chi connectivity index (χ1) is 17.1. The van der Waals surface area contributed by atoms with Crippen molar-refractivity contribution in [2.75, 3.05) is 0 Å². The van der Waals surface area contributed by atoms with Crippen LogP contribution < -0.4 is 0 Å². The molecule has 2 nitrogen and oxygen atoms in total. The molecule has 3 rings (SSSR count). The molecule has 0 spiro atoms. The van der Waals surface area contributed by atoms with Crippen LogP contribution in [-0.4, -0.2) is 4.70 Å². The van der Waals surface area contributed by atoms with Crippen molar-refractivity contribution in [1.29, 1.82) is 0 Å². The van der Waals surface area contributed by atoms with Crippen molar-refractivity contribution in [3.63, 3.8) is 0 Å². The second kappa shape index (κ2) is 16.0. The van der Waals surface area contributed by atoms with Crippen LogP contribution in [0.25, 0.3) is 16.9 Å². The molecule has 0 atom stereocenters. The van der Waals surface area contributed by atoms with E-state index in [0.29, 0.717) is 0 Å². The zero-order chi connectivity index (χ0) is 25.0. The maximum absolute atomic E-state index is 11.7. The average Bonchev–Trinajstić information content (AvgIpc) is 3.14. The fraction of sp³-hybridized carbons (Fsp3) is 0.515. The number of hydrogen-bond acceptors (Lipinski definition) is 0. The van der Waals surface area contributed by atoms with Crippen molar-refractivity contribution in [3.05, 3.63) is 87.5 Å². The zero-order valence-corrected chi connectivity index (χ0v) is 24.0. The van der Waals surface area contributed by atoms with Gasteiger partial charge in [-0.1, -0.05) is 95.5 Å². The SMILES string of the molecule is CCCCCCCCc1cccc(C2=C(CCCC)C(CCCC)=C(c3cccc(C)c3)[N+]2=[N-])c1.[Ni]. The summed E-state index contributed by atoms with van der Waals surface area (Å²) in [7, 11) is 0. The quantitative estimate of drug-likeness (QED) is 0.125. The standard InChI is InChI=1S/C33H46N2.Ni/c1-5-8-11-12-13-14-18-27-19-16-21-29(25-27)33-31(23-10-7-3)30(22-9-6-2)32(35(33)34)28-20-15-17-26(4)24-28;/h15-17,19-21,24-25H,5-14,18,22-23H2,1-4H3;. The Bertz CT molecular complexity index is 1050. The van der Waals surface area contributed by atoms with E-state index >= 15 is 0 Å². The smallest absolute Gasteiger partial charge is 0.211 e. The second-order valence-electron chi connectivity index (χ2n) is 10.3. The van der Waals surface area contributed by atoms with Gasteiger partial charge < -0.3 is 5.53 Å². The summed E-state index contributed by atoms with van der Waals surface area (Å²) < 4.78 is 1.52. The summed E-state index contributed by atoms with van der Waals surface area (Å²) in [6.45, 7) is 8.91. The minimum atomic E-state index is 0. The summed E-state index contributed by atoms with van der Waals surface area (Å²) in [6, 6.07) is 17.5. The molecule has 0 N–H and O–H groups in total. The van der Waals surface area contributed by atoms with Crippen LogP contribution in [0, 0.1) is 6.92 Å². The molecule has 0 aliphatic carbocycles. The van der Waals surface area contributed by atoms with E-state index in [1.54, 1.807) is 0 Å². The number of aryl methyl sites for hydroxylation is 2. The molecule has 2 aromatic rings. The van der Waals surface area contributed by atoms with Crippen LogP contribution >= 0.6 is 0 Å². The first kappa shape index (κ1) is 30.2. The van der Waals surface area contributed by atoms with E-state index in [9.17, 15) is 5.53 Å². The van der Waals surface area contributed by atoms with Crippen molar-refractivity contribution in [2.24, 2.45) is 0 Å². The van der Waals surface area contributed by atoms with Gasteiger partial charge in [-0.05, 0) is 75.3 Å². The largest absolute Gasteiger partial charge is 0.493 e. The first-order valence-corrected chi connectivity index (χ1v) is 14.2. The van der Waals surface area contributed by atoms with E-state index < -0.39 is 0 Å². The fourth-order valence-corrected chi connectivity index (χ4v) is 5.27. The van der Waals surface area contributed by atoms with Gasteiger partial charge in [-0.3, -0.25) is 0 Å². The van der Waals surface area contributed by atoms with Gasteiger partial charge >= 0.3 is 0 Å². The van der Waals surface area contributed by atoms with Gasteiger partial charge in [0.25, 0.3) is 0 Å². The molecule has 0 amide bonds. The second-order valence-corrected chi connectivity index (χ2v) is 10.3. The van der Waals surface area contributed by atoms with Crippen molar-refractivity contribution >= 4 is 11.4 Å². The Labute approximate surface area is 230 Å². The molecule has 198 valence electrons. The normalized spacial score (nSPS) is 13.5. The molecular formula is C33H46N2Ni. The predicted octanol–water partition coefficient (Wildman–Crippen LogP) is 10.4. The number of unbranched alkanes of at least 4 members (excludes halogenated alkanes) is 7. The van der Waals surface area contributed by atoms with E-state index in [2.05, 4.69) is 76.2 Å². The molecule has 1 aliphatic heterocycles. The molecule has 0 aromatic heterocycles. The number of nitrogens with zero attached hydrogens (tertiary/aromatic N) is 2. The fourth-order valence-electron chi connectivity index (χ4n) is 5.27. The Morgan fingerprint density at radius 3 is 1.72 bits per heavy atom. The van der Waals surface area contributed by atoms with Crippen LogP contribution in [0.5, 0.6) is 0 Å². The zero-order valence-electron chi connectivity index (χ0n) is 23.0. The number of rotatable bonds is 15. The molecule has 0 saturated heterocycles. The average molecular weight is 529 g/mol. The number of hydrogen-bond donors (Lipinski definition) is 0. The Morgan fingerprint density at radius 1 is 0.611 bits per heavy atom. The van der Waals surface area contributed by atoms with Crippen molar-refractivity contribution in [2.45, 2.75) is 111 Å². The monoisotopic (exact) mass is 528 g/mol. The van der Waals surface area contributed by atoms with E-state index in [-0.39, 0.29) is 16.5 Å². The molecule has 1 heterocycles. The minimum Gasteiger partial charge on any atom is -0.493 e. The van der Waals surface area contributed by atoms with Crippen LogP contribution in [0.3, 0.4) is 0 Å². The molecule has 1 aliphatic rings. The van der Waals surface area contributed by atoms with Crippen LogP contribution in [-0.2, 0) is 22.9 Å². The molecular weight excluding hydrogens is 483 g/mol. The molecule has 36 heavy (non-hydrogen) atoms. The van der Waals surface area contributed by atoms with Gasteiger partial charge in [0.15, 0.2) is 0 Å². The van der Waals surface area contributed by atoms with Gasteiger partial charge in [-0.25, -0.2) is 4.70 Å². The third-order valence-corrected chi connectivity index (χ3v) is 7.23. The van der Waals surface area contributed by atoms with Crippen molar-refractivity contribution < 1.29 is 21.2 Å². The molecule has 0 fully saturated rings. The van der Waals surface area contributed by atoms with Gasteiger partial charge in [0.2, 0.25) is 11.4 Å². The summed E-state index contributed by atoms with van der Waals surface area (Å²) >= 11 is 0.